The lowest BCUT2D eigenvalue weighted by Crippen LogP contribution is -2.38. The van der Waals surface area contributed by atoms with Crippen LogP contribution >= 0.6 is 0 Å². The van der Waals surface area contributed by atoms with E-state index in [2.05, 4.69) is 6.92 Å². The van der Waals surface area contributed by atoms with Gasteiger partial charge < -0.3 is 4.74 Å². The number of ether oxygens (including phenoxy) is 1. The SMILES string of the molecule is COc1ccc(CN2C(=O)[C@@H]3CCCC[C@H]3C2=O)cc1S(=O)(=O)N1CCC(C)CC1. The minimum absolute atomic E-state index is 0.105. The van der Waals surface area contributed by atoms with Crippen LogP contribution in [-0.2, 0) is 26.2 Å². The van der Waals surface area contributed by atoms with E-state index in [1.165, 1.54) is 16.3 Å². The molecule has 8 heteroatoms. The van der Waals surface area contributed by atoms with Gasteiger partial charge in [0.05, 0.1) is 25.5 Å². The third-order valence-electron chi connectivity index (χ3n) is 6.86. The van der Waals surface area contributed by atoms with Gasteiger partial charge in [0.1, 0.15) is 10.6 Å². The molecular weight excluding hydrogens is 404 g/mol. The normalized spacial score (nSPS) is 26.1. The molecule has 164 valence electrons. The van der Waals surface area contributed by atoms with Crippen molar-refractivity contribution in [3.05, 3.63) is 23.8 Å². The molecule has 0 N–H and O–H groups in total. The topological polar surface area (TPSA) is 84.0 Å². The molecule has 7 nitrogen and oxygen atoms in total. The molecule has 30 heavy (non-hydrogen) atoms. The summed E-state index contributed by atoms with van der Waals surface area (Å²) in [6, 6.07) is 4.92. The van der Waals surface area contributed by atoms with E-state index >= 15 is 0 Å². The summed E-state index contributed by atoms with van der Waals surface area (Å²) >= 11 is 0. The lowest BCUT2D eigenvalue weighted by molar-refractivity contribution is -0.140. The second kappa shape index (κ2) is 8.30. The standard InChI is InChI=1S/C22H30N2O5S/c1-15-9-11-23(12-10-15)30(27,28)20-13-16(7-8-19(20)29-2)14-24-21(25)17-5-3-4-6-18(17)22(24)26/h7-8,13,15,17-18H,3-6,9-12,14H2,1-2H3/t17-,18-/m1/s1. The Morgan fingerprint density at radius 3 is 2.17 bits per heavy atom. The number of rotatable bonds is 5. The van der Waals surface area contributed by atoms with Gasteiger partial charge in [-0.3, -0.25) is 14.5 Å². The summed E-state index contributed by atoms with van der Waals surface area (Å²) in [5.74, 6) is 0.154. The lowest BCUT2D eigenvalue weighted by atomic mass is 9.81. The van der Waals surface area contributed by atoms with E-state index < -0.39 is 10.0 Å². The van der Waals surface area contributed by atoms with Gasteiger partial charge in [-0.1, -0.05) is 25.8 Å². The highest BCUT2D eigenvalue weighted by molar-refractivity contribution is 7.89. The number of benzene rings is 1. The maximum atomic E-state index is 13.3. The Hall–Kier alpha value is -1.93. The van der Waals surface area contributed by atoms with Crippen LogP contribution in [0.25, 0.3) is 0 Å². The van der Waals surface area contributed by atoms with Crippen LogP contribution < -0.4 is 4.74 Å². The molecule has 1 aromatic carbocycles. The average molecular weight is 435 g/mol. The summed E-state index contributed by atoms with van der Waals surface area (Å²) in [4.78, 5) is 27.0. The molecule has 0 aromatic heterocycles. The number of carbonyl (C=O) groups excluding carboxylic acids is 2. The Balaban J connectivity index is 1.60. The zero-order valence-electron chi connectivity index (χ0n) is 17.7. The van der Waals surface area contributed by atoms with Gasteiger partial charge in [-0.2, -0.15) is 4.31 Å². The van der Waals surface area contributed by atoms with E-state index in [1.54, 1.807) is 18.2 Å². The van der Waals surface area contributed by atoms with E-state index in [0.717, 1.165) is 38.5 Å². The molecule has 0 spiro atoms. The molecular formula is C22H30N2O5S. The molecule has 1 aromatic rings. The Morgan fingerprint density at radius 1 is 1.00 bits per heavy atom. The zero-order valence-corrected chi connectivity index (χ0v) is 18.5. The highest BCUT2D eigenvalue weighted by Gasteiger charge is 2.48. The Bertz CT molecular complexity index is 913. The third kappa shape index (κ3) is 3.75. The van der Waals surface area contributed by atoms with Gasteiger partial charge in [0, 0.05) is 13.1 Å². The summed E-state index contributed by atoms with van der Waals surface area (Å²) in [5, 5.41) is 0. The molecule has 4 rings (SSSR count). The summed E-state index contributed by atoms with van der Waals surface area (Å²) in [6.07, 6.45) is 5.16. The van der Waals surface area contributed by atoms with Crippen molar-refractivity contribution < 1.29 is 22.7 Å². The van der Waals surface area contributed by atoms with Crippen LogP contribution in [0.5, 0.6) is 5.75 Å². The Labute approximate surface area is 178 Å². The molecule has 1 aliphatic carbocycles. The second-order valence-electron chi connectivity index (χ2n) is 8.83. The van der Waals surface area contributed by atoms with Crippen molar-refractivity contribution in [2.24, 2.45) is 17.8 Å². The van der Waals surface area contributed by atoms with Gasteiger partial charge in [-0.25, -0.2) is 8.42 Å². The van der Waals surface area contributed by atoms with Crippen LogP contribution in [0, 0.1) is 17.8 Å². The molecule has 3 aliphatic rings. The minimum Gasteiger partial charge on any atom is -0.495 e. The van der Waals surface area contributed by atoms with Crippen molar-refractivity contribution in [3.63, 3.8) is 0 Å². The fourth-order valence-corrected chi connectivity index (χ4v) is 6.63. The van der Waals surface area contributed by atoms with Gasteiger partial charge >= 0.3 is 0 Å². The van der Waals surface area contributed by atoms with Gasteiger partial charge in [-0.05, 0) is 49.3 Å². The number of piperidine rings is 1. The largest absolute Gasteiger partial charge is 0.495 e. The molecule has 0 bridgehead atoms. The number of likely N-dealkylation sites (tertiary alicyclic amines) is 1. The molecule has 1 saturated carbocycles. The number of fused-ring (bicyclic) bond motifs is 1. The monoisotopic (exact) mass is 434 g/mol. The second-order valence-corrected chi connectivity index (χ2v) is 10.7. The first-order valence-electron chi connectivity index (χ1n) is 10.8. The van der Waals surface area contributed by atoms with Crippen molar-refractivity contribution in [3.8, 4) is 5.75 Å². The van der Waals surface area contributed by atoms with E-state index in [4.69, 9.17) is 4.74 Å². The van der Waals surface area contributed by atoms with Crippen LogP contribution in [-0.4, -0.2) is 49.6 Å². The van der Waals surface area contributed by atoms with Gasteiger partial charge in [0.25, 0.3) is 0 Å². The van der Waals surface area contributed by atoms with E-state index in [1.807, 2.05) is 0 Å². The fourth-order valence-electron chi connectivity index (χ4n) is 4.95. The van der Waals surface area contributed by atoms with Crippen molar-refractivity contribution >= 4 is 21.8 Å². The molecule has 0 radical (unpaired) electrons. The smallest absolute Gasteiger partial charge is 0.246 e. The molecule has 2 aliphatic heterocycles. The maximum Gasteiger partial charge on any atom is 0.246 e. The van der Waals surface area contributed by atoms with E-state index in [-0.39, 0.29) is 40.8 Å². The van der Waals surface area contributed by atoms with Crippen LogP contribution in [0.2, 0.25) is 0 Å². The highest BCUT2D eigenvalue weighted by Crippen LogP contribution is 2.39. The lowest BCUT2D eigenvalue weighted by Gasteiger charge is -2.30. The van der Waals surface area contributed by atoms with Gasteiger partial charge in [-0.15, -0.1) is 0 Å². The highest BCUT2D eigenvalue weighted by atomic mass is 32.2. The molecule has 3 fully saturated rings. The van der Waals surface area contributed by atoms with Gasteiger partial charge in [0.2, 0.25) is 21.8 Å². The predicted molar refractivity (Wildman–Crippen MR) is 111 cm³/mol. The van der Waals surface area contributed by atoms with E-state index in [9.17, 15) is 18.0 Å². The Kier molecular flexibility index (Phi) is 5.90. The Morgan fingerprint density at radius 2 is 1.60 bits per heavy atom. The predicted octanol–water partition coefficient (Wildman–Crippen LogP) is 2.79. The number of methoxy groups -OCH3 is 1. The summed E-state index contributed by atoms with van der Waals surface area (Å²) in [6.45, 7) is 3.22. The van der Waals surface area contributed by atoms with Crippen LogP contribution in [0.1, 0.15) is 51.0 Å². The first-order chi connectivity index (χ1) is 14.3. The van der Waals surface area contributed by atoms with Crippen LogP contribution in [0.15, 0.2) is 23.1 Å². The molecule has 0 unspecified atom stereocenters. The third-order valence-corrected chi connectivity index (χ3v) is 8.78. The van der Waals surface area contributed by atoms with Crippen molar-refractivity contribution in [2.45, 2.75) is 56.9 Å². The number of nitrogens with zero attached hydrogens (tertiary/aromatic N) is 2. The van der Waals surface area contributed by atoms with Gasteiger partial charge in [0.15, 0.2) is 0 Å². The number of imide groups is 1. The van der Waals surface area contributed by atoms with Crippen molar-refractivity contribution in [2.75, 3.05) is 20.2 Å². The number of amides is 2. The molecule has 2 heterocycles. The van der Waals surface area contributed by atoms with Crippen LogP contribution in [0.4, 0.5) is 0 Å². The average Bonchev–Trinajstić information content (AvgIpc) is 2.99. The summed E-state index contributed by atoms with van der Waals surface area (Å²) < 4.78 is 33.4. The molecule has 2 amide bonds. The number of hydrogen-bond donors (Lipinski definition) is 0. The number of hydrogen-bond acceptors (Lipinski definition) is 5. The van der Waals surface area contributed by atoms with Crippen molar-refractivity contribution in [1.82, 2.24) is 9.21 Å². The maximum absolute atomic E-state index is 13.3. The number of carbonyl (C=O) groups is 2. The zero-order chi connectivity index (χ0) is 21.5. The van der Waals surface area contributed by atoms with Crippen molar-refractivity contribution in [1.29, 1.82) is 0 Å². The van der Waals surface area contributed by atoms with Crippen LogP contribution in [0.3, 0.4) is 0 Å². The van der Waals surface area contributed by atoms with E-state index in [0.29, 0.717) is 24.6 Å². The fraction of sp³-hybridized carbons (Fsp3) is 0.636. The minimum atomic E-state index is -3.71. The first kappa shape index (κ1) is 21.3. The molecule has 2 atom stereocenters. The summed E-state index contributed by atoms with van der Waals surface area (Å²) in [7, 11) is -2.26. The molecule has 2 saturated heterocycles. The summed E-state index contributed by atoms with van der Waals surface area (Å²) in [5.41, 5.74) is 0.625. The number of sulfonamides is 1. The quantitative estimate of drug-likeness (QED) is 0.666. The first-order valence-corrected chi connectivity index (χ1v) is 12.3.